The number of pyridine rings is 2. The summed E-state index contributed by atoms with van der Waals surface area (Å²) in [6, 6.07) is 7.20. The van der Waals surface area contributed by atoms with Crippen molar-refractivity contribution in [3.8, 4) is 0 Å². The Hall–Kier alpha value is -1.10. The fourth-order valence-electron chi connectivity index (χ4n) is 1.34. The van der Waals surface area contributed by atoms with E-state index < -0.39 is 6.10 Å². The lowest BCUT2D eigenvalue weighted by Gasteiger charge is -2.10. The van der Waals surface area contributed by atoms with Crippen molar-refractivity contribution in [2.45, 2.75) is 23.1 Å². The Morgan fingerprint density at radius 1 is 1.18 bits per heavy atom. The third kappa shape index (κ3) is 2.97. The van der Waals surface area contributed by atoms with Gasteiger partial charge >= 0.3 is 0 Å². The van der Waals surface area contributed by atoms with E-state index in [9.17, 15) is 5.11 Å². The van der Waals surface area contributed by atoms with Crippen LogP contribution in [0.25, 0.3) is 0 Å². The van der Waals surface area contributed by atoms with Crippen molar-refractivity contribution in [3.05, 3.63) is 47.2 Å². The standard InChI is InChI=1S/C12H11ClN2OS/c1-8(16)9-4-2-6-14-11(9)17-12-10(13)5-3-7-15-12/h2-8,16H,1H3/t8-/m0/s1. The van der Waals surface area contributed by atoms with E-state index in [0.717, 1.165) is 10.6 Å². The van der Waals surface area contributed by atoms with Crippen molar-refractivity contribution < 1.29 is 5.11 Å². The summed E-state index contributed by atoms with van der Waals surface area (Å²) in [4.78, 5) is 8.42. The van der Waals surface area contributed by atoms with Gasteiger partial charge < -0.3 is 5.11 Å². The zero-order chi connectivity index (χ0) is 12.3. The molecule has 2 heterocycles. The van der Waals surface area contributed by atoms with Crippen LogP contribution in [0.5, 0.6) is 0 Å². The van der Waals surface area contributed by atoms with Crippen LogP contribution < -0.4 is 0 Å². The van der Waals surface area contributed by atoms with E-state index in [1.165, 1.54) is 11.8 Å². The predicted octanol–water partition coefficient (Wildman–Crippen LogP) is 3.33. The van der Waals surface area contributed by atoms with E-state index in [2.05, 4.69) is 9.97 Å². The highest BCUT2D eigenvalue weighted by atomic mass is 35.5. The molecule has 0 spiro atoms. The van der Waals surface area contributed by atoms with Gasteiger partial charge in [0.05, 0.1) is 11.1 Å². The second-order valence-corrected chi connectivity index (χ2v) is 4.85. The molecule has 0 fully saturated rings. The fraction of sp³-hybridized carbons (Fsp3) is 0.167. The Labute approximate surface area is 109 Å². The van der Waals surface area contributed by atoms with Gasteiger partial charge in [-0.2, -0.15) is 0 Å². The van der Waals surface area contributed by atoms with E-state index in [1.807, 2.05) is 6.07 Å². The molecule has 0 aromatic carbocycles. The summed E-state index contributed by atoms with van der Waals surface area (Å²) in [6.07, 6.45) is 2.80. The molecule has 0 aliphatic heterocycles. The summed E-state index contributed by atoms with van der Waals surface area (Å²) in [6.45, 7) is 1.71. The zero-order valence-corrected chi connectivity index (χ0v) is 10.7. The van der Waals surface area contributed by atoms with Crippen molar-refractivity contribution >= 4 is 23.4 Å². The van der Waals surface area contributed by atoms with Crippen LogP contribution in [0.3, 0.4) is 0 Å². The van der Waals surface area contributed by atoms with Crippen molar-refractivity contribution in [1.82, 2.24) is 9.97 Å². The van der Waals surface area contributed by atoms with Crippen molar-refractivity contribution in [1.29, 1.82) is 0 Å². The molecule has 0 unspecified atom stereocenters. The molecule has 1 atom stereocenters. The number of aliphatic hydroxyl groups is 1. The Morgan fingerprint density at radius 3 is 2.47 bits per heavy atom. The van der Waals surface area contributed by atoms with Gasteiger partial charge in [-0.05, 0) is 36.9 Å². The van der Waals surface area contributed by atoms with E-state index in [-0.39, 0.29) is 0 Å². The first-order valence-electron chi connectivity index (χ1n) is 5.10. The highest BCUT2D eigenvalue weighted by molar-refractivity contribution is 7.99. The van der Waals surface area contributed by atoms with Crippen molar-refractivity contribution in [2.75, 3.05) is 0 Å². The Balaban J connectivity index is 2.34. The van der Waals surface area contributed by atoms with Crippen LogP contribution in [0.4, 0.5) is 0 Å². The number of halogens is 1. The summed E-state index contributed by atoms with van der Waals surface area (Å²) in [5, 5.41) is 11.6. The van der Waals surface area contributed by atoms with Crippen molar-refractivity contribution in [3.63, 3.8) is 0 Å². The molecular formula is C12H11ClN2OS. The minimum atomic E-state index is -0.561. The van der Waals surface area contributed by atoms with Gasteiger partial charge in [0.1, 0.15) is 10.1 Å². The first-order valence-corrected chi connectivity index (χ1v) is 6.29. The largest absolute Gasteiger partial charge is 0.389 e. The molecule has 2 aromatic rings. The maximum atomic E-state index is 9.65. The predicted molar refractivity (Wildman–Crippen MR) is 68.2 cm³/mol. The van der Waals surface area contributed by atoms with Crippen LogP contribution in [0.2, 0.25) is 5.02 Å². The van der Waals surface area contributed by atoms with Crippen LogP contribution in [0, 0.1) is 0 Å². The Kier molecular flexibility index (Phi) is 3.99. The summed E-state index contributed by atoms with van der Waals surface area (Å²) in [5.41, 5.74) is 0.777. The minimum absolute atomic E-state index is 0.561. The summed E-state index contributed by atoms with van der Waals surface area (Å²) >= 11 is 7.39. The second kappa shape index (κ2) is 5.49. The summed E-state index contributed by atoms with van der Waals surface area (Å²) in [5.74, 6) is 0. The first-order chi connectivity index (χ1) is 8.18. The van der Waals surface area contributed by atoms with Crippen LogP contribution >= 0.6 is 23.4 Å². The van der Waals surface area contributed by atoms with Gasteiger partial charge in [0.25, 0.3) is 0 Å². The van der Waals surface area contributed by atoms with Gasteiger partial charge in [-0.25, -0.2) is 9.97 Å². The molecule has 1 N–H and O–H groups in total. The molecule has 2 aromatic heterocycles. The molecule has 17 heavy (non-hydrogen) atoms. The van der Waals surface area contributed by atoms with E-state index in [0.29, 0.717) is 10.0 Å². The van der Waals surface area contributed by atoms with Gasteiger partial charge in [0.2, 0.25) is 0 Å². The summed E-state index contributed by atoms with van der Waals surface area (Å²) < 4.78 is 0. The molecule has 0 bridgehead atoms. The lowest BCUT2D eigenvalue weighted by atomic mass is 10.2. The maximum Gasteiger partial charge on any atom is 0.121 e. The average Bonchev–Trinajstić information content (AvgIpc) is 2.32. The molecular weight excluding hydrogens is 256 g/mol. The molecule has 0 aliphatic carbocycles. The third-order valence-corrected chi connectivity index (χ3v) is 3.64. The van der Waals surface area contributed by atoms with E-state index in [4.69, 9.17) is 11.6 Å². The van der Waals surface area contributed by atoms with Gasteiger partial charge in [-0.15, -0.1) is 0 Å². The number of hydrogen-bond donors (Lipinski definition) is 1. The molecule has 0 amide bonds. The molecule has 5 heteroatoms. The topological polar surface area (TPSA) is 46.0 Å². The fourth-order valence-corrected chi connectivity index (χ4v) is 2.51. The highest BCUT2D eigenvalue weighted by Gasteiger charge is 2.12. The van der Waals surface area contributed by atoms with E-state index in [1.54, 1.807) is 37.5 Å². The number of aliphatic hydroxyl groups excluding tert-OH is 1. The smallest absolute Gasteiger partial charge is 0.121 e. The van der Waals surface area contributed by atoms with Crippen LogP contribution in [-0.2, 0) is 0 Å². The van der Waals surface area contributed by atoms with Crippen LogP contribution in [0.1, 0.15) is 18.6 Å². The maximum absolute atomic E-state index is 9.65. The highest BCUT2D eigenvalue weighted by Crippen LogP contribution is 2.33. The van der Waals surface area contributed by atoms with Gasteiger partial charge in [0.15, 0.2) is 0 Å². The normalized spacial score (nSPS) is 12.4. The Morgan fingerprint density at radius 2 is 1.82 bits per heavy atom. The molecule has 0 radical (unpaired) electrons. The SMILES string of the molecule is C[C@H](O)c1cccnc1Sc1ncccc1Cl. The lowest BCUT2D eigenvalue weighted by Crippen LogP contribution is -1.96. The molecule has 88 valence electrons. The number of nitrogens with zero attached hydrogens (tertiary/aromatic N) is 2. The number of hydrogen-bond acceptors (Lipinski definition) is 4. The molecule has 2 rings (SSSR count). The molecule has 0 saturated carbocycles. The minimum Gasteiger partial charge on any atom is -0.389 e. The molecule has 3 nitrogen and oxygen atoms in total. The monoisotopic (exact) mass is 266 g/mol. The van der Waals surface area contributed by atoms with Crippen molar-refractivity contribution in [2.24, 2.45) is 0 Å². The first kappa shape index (κ1) is 12.4. The lowest BCUT2D eigenvalue weighted by molar-refractivity contribution is 0.195. The average molecular weight is 267 g/mol. The molecule has 0 saturated heterocycles. The van der Waals surface area contributed by atoms with Gasteiger partial charge in [0, 0.05) is 18.0 Å². The van der Waals surface area contributed by atoms with Crippen LogP contribution in [-0.4, -0.2) is 15.1 Å². The van der Waals surface area contributed by atoms with Gasteiger partial charge in [-0.1, -0.05) is 17.7 Å². The quantitative estimate of drug-likeness (QED) is 0.926. The second-order valence-electron chi connectivity index (χ2n) is 3.47. The zero-order valence-electron chi connectivity index (χ0n) is 9.17. The van der Waals surface area contributed by atoms with Gasteiger partial charge in [-0.3, -0.25) is 0 Å². The van der Waals surface area contributed by atoms with Crippen LogP contribution in [0.15, 0.2) is 46.7 Å². The van der Waals surface area contributed by atoms with E-state index >= 15 is 0 Å². The number of aromatic nitrogens is 2. The Bertz CT molecular complexity index is 519. The third-order valence-electron chi connectivity index (χ3n) is 2.17. The number of rotatable bonds is 3. The summed E-state index contributed by atoms with van der Waals surface area (Å²) in [7, 11) is 0. The molecule has 0 aliphatic rings.